The maximum Gasteiger partial charge on any atom is 0.242 e. The molecule has 1 aliphatic rings. The highest BCUT2D eigenvalue weighted by Gasteiger charge is 2.21. The summed E-state index contributed by atoms with van der Waals surface area (Å²) in [6, 6.07) is 9.60. The quantitative estimate of drug-likeness (QED) is 0.525. The highest BCUT2D eigenvalue weighted by Crippen LogP contribution is 2.03. The van der Waals surface area contributed by atoms with Crippen LogP contribution in [0.3, 0.4) is 0 Å². The van der Waals surface area contributed by atoms with Crippen LogP contribution in [0.25, 0.3) is 0 Å². The Balaban J connectivity index is 2.30. The molecule has 0 saturated carbocycles. The van der Waals surface area contributed by atoms with E-state index in [1.165, 1.54) is 6.34 Å². The van der Waals surface area contributed by atoms with Gasteiger partial charge < -0.3 is 5.32 Å². The third-order valence-corrected chi connectivity index (χ3v) is 1.82. The summed E-state index contributed by atoms with van der Waals surface area (Å²) in [7, 11) is 0. The number of aliphatic imine (C=N–C) groups is 2. The van der Waals surface area contributed by atoms with Crippen molar-refractivity contribution in [3.63, 3.8) is 0 Å². The van der Waals surface area contributed by atoms with Crippen LogP contribution in [0.4, 0.5) is 0 Å². The first-order chi connectivity index (χ1) is 6.67. The zero-order valence-electron chi connectivity index (χ0n) is 7.51. The molecule has 0 saturated heterocycles. The van der Waals surface area contributed by atoms with Crippen molar-refractivity contribution in [2.45, 2.75) is 5.91 Å². The Morgan fingerprint density at radius 3 is 2.50 bits per heavy atom. The van der Waals surface area contributed by atoms with Crippen LogP contribution in [0.15, 0.2) is 40.3 Å². The lowest BCUT2D eigenvalue weighted by Gasteiger charge is -2.25. The lowest BCUT2D eigenvalue weighted by atomic mass is 10.2. The van der Waals surface area contributed by atoms with Crippen LogP contribution in [0, 0.1) is 0 Å². The molecule has 0 aliphatic carbocycles. The van der Waals surface area contributed by atoms with Gasteiger partial charge in [0.25, 0.3) is 0 Å². The van der Waals surface area contributed by atoms with Gasteiger partial charge in [-0.05, 0) is 0 Å². The van der Waals surface area contributed by atoms with Gasteiger partial charge >= 0.3 is 0 Å². The smallest absolute Gasteiger partial charge is 0.242 e. The molecule has 0 fully saturated rings. The number of hydrogen-bond acceptors (Lipinski definition) is 5. The molecule has 0 unspecified atom stereocenters. The highest BCUT2D eigenvalue weighted by atomic mass is 15.4. The lowest BCUT2D eigenvalue weighted by molar-refractivity contribution is 0.428. The van der Waals surface area contributed by atoms with Crippen molar-refractivity contribution in [3.05, 3.63) is 35.9 Å². The second kappa shape index (κ2) is 3.21. The lowest BCUT2D eigenvalue weighted by Crippen LogP contribution is -2.63. The number of benzene rings is 1. The van der Waals surface area contributed by atoms with E-state index in [4.69, 9.17) is 11.5 Å². The Morgan fingerprint density at radius 1 is 1.14 bits per heavy atom. The second-order valence-corrected chi connectivity index (χ2v) is 3.04. The van der Waals surface area contributed by atoms with E-state index < -0.39 is 5.91 Å². The molecular weight excluding hydrogens is 178 g/mol. The Labute approximate surface area is 81.5 Å². The minimum Gasteiger partial charge on any atom is -0.320 e. The first-order valence-corrected chi connectivity index (χ1v) is 4.20. The van der Waals surface area contributed by atoms with Crippen molar-refractivity contribution in [3.8, 4) is 0 Å². The molecule has 2 rings (SSSR count). The summed E-state index contributed by atoms with van der Waals surface area (Å²) in [6.45, 7) is 0. The number of nitrogens with one attached hydrogen (secondary N) is 1. The number of rotatable bonds is 1. The van der Waals surface area contributed by atoms with Crippen molar-refractivity contribution in [2.75, 3.05) is 0 Å². The van der Waals surface area contributed by atoms with Gasteiger partial charge in [-0.15, -0.1) is 0 Å². The molecule has 0 spiro atoms. The Bertz CT molecular complexity index is 379. The molecule has 0 amide bonds. The Morgan fingerprint density at radius 2 is 1.86 bits per heavy atom. The van der Waals surface area contributed by atoms with E-state index in [0.717, 1.165) is 5.56 Å². The monoisotopic (exact) mass is 189 g/mol. The maximum absolute atomic E-state index is 5.59. The van der Waals surface area contributed by atoms with E-state index in [0.29, 0.717) is 5.84 Å². The minimum absolute atomic E-state index is 0.630. The topological polar surface area (TPSA) is 88.8 Å². The van der Waals surface area contributed by atoms with E-state index in [2.05, 4.69) is 15.3 Å². The first-order valence-electron chi connectivity index (χ1n) is 4.20. The van der Waals surface area contributed by atoms with Crippen molar-refractivity contribution in [2.24, 2.45) is 21.5 Å². The highest BCUT2D eigenvalue weighted by molar-refractivity contribution is 6.03. The average molecular weight is 189 g/mol. The van der Waals surface area contributed by atoms with E-state index in [1.54, 1.807) is 0 Å². The zero-order chi connectivity index (χ0) is 10.0. The summed E-state index contributed by atoms with van der Waals surface area (Å²) in [4.78, 5) is 7.82. The fourth-order valence-corrected chi connectivity index (χ4v) is 1.18. The molecule has 0 radical (unpaired) electrons. The fraction of sp³-hybridized carbons (Fsp3) is 0.111. The molecule has 5 N–H and O–H groups in total. The van der Waals surface area contributed by atoms with Crippen molar-refractivity contribution in [1.82, 2.24) is 5.32 Å². The summed E-state index contributed by atoms with van der Waals surface area (Å²) in [6.07, 6.45) is 1.36. The van der Waals surface area contributed by atoms with Gasteiger partial charge in [0.1, 0.15) is 12.2 Å². The second-order valence-electron chi connectivity index (χ2n) is 3.04. The predicted octanol–water partition coefficient (Wildman–Crippen LogP) is -0.407. The van der Waals surface area contributed by atoms with E-state index in [-0.39, 0.29) is 0 Å². The third-order valence-electron chi connectivity index (χ3n) is 1.82. The molecular formula is C9H11N5. The van der Waals surface area contributed by atoms with Gasteiger partial charge in [0.15, 0.2) is 0 Å². The summed E-state index contributed by atoms with van der Waals surface area (Å²) in [5.74, 6) is -0.627. The SMILES string of the molecule is NC1(N)N=CN=C(c2ccccc2)N1. The minimum atomic E-state index is -1.26. The van der Waals surface area contributed by atoms with E-state index >= 15 is 0 Å². The van der Waals surface area contributed by atoms with Gasteiger partial charge in [0, 0.05) is 5.56 Å². The van der Waals surface area contributed by atoms with Crippen LogP contribution in [0.2, 0.25) is 0 Å². The fourth-order valence-electron chi connectivity index (χ4n) is 1.18. The number of amidine groups is 1. The normalized spacial score (nSPS) is 18.6. The largest absolute Gasteiger partial charge is 0.320 e. The molecule has 72 valence electrons. The van der Waals surface area contributed by atoms with Crippen LogP contribution < -0.4 is 16.8 Å². The summed E-state index contributed by atoms with van der Waals surface area (Å²) < 4.78 is 0. The summed E-state index contributed by atoms with van der Waals surface area (Å²) >= 11 is 0. The van der Waals surface area contributed by atoms with Crippen molar-refractivity contribution in [1.29, 1.82) is 0 Å². The molecule has 1 aliphatic heterocycles. The molecule has 0 aromatic heterocycles. The van der Waals surface area contributed by atoms with Crippen LogP contribution in [-0.2, 0) is 0 Å². The number of nitrogens with two attached hydrogens (primary N) is 2. The molecule has 0 bridgehead atoms. The van der Waals surface area contributed by atoms with Gasteiger partial charge in [0.2, 0.25) is 5.91 Å². The number of nitrogens with zero attached hydrogens (tertiary/aromatic N) is 2. The van der Waals surface area contributed by atoms with E-state index in [1.807, 2.05) is 30.3 Å². The maximum atomic E-state index is 5.59. The Kier molecular flexibility index (Phi) is 2.03. The molecule has 1 heterocycles. The molecule has 5 heteroatoms. The van der Waals surface area contributed by atoms with Gasteiger partial charge in [-0.25, -0.2) is 9.98 Å². The van der Waals surface area contributed by atoms with Gasteiger partial charge in [-0.3, -0.25) is 11.5 Å². The standard InChI is InChI=1S/C9H11N5/c10-9(11)13-6-12-8(14-9)7-4-2-1-3-5-7/h1-6H,10-11H2,(H,12,13,14). The van der Waals surface area contributed by atoms with Crippen LogP contribution >= 0.6 is 0 Å². The zero-order valence-corrected chi connectivity index (χ0v) is 7.51. The van der Waals surface area contributed by atoms with Gasteiger partial charge in [-0.2, -0.15) is 0 Å². The van der Waals surface area contributed by atoms with Crippen LogP contribution in [-0.4, -0.2) is 18.1 Å². The van der Waals surface area contributed by atoms with Crippen molar-refractivity contribution < 1.29 is 0 Å². The summed E-state index contributed by atoms with van der Waals surface area (Å²) in [5, 5.41) is 2.82. The van der Waals surface area contributed by atoms with Gasteiger partial charge in [-0.1, -0.05) is 30.3 Å². The predicted molar refractivity (Wildman–Crippen MR) is 55.7 cm³/mol. The van der Waals surface area contributed by atoms with Crippen LogP contribution in [0.1, 0.15) is 5.56 Å². The first kappa shape index (κ1) is 8.86. The number of hydrogen-bond donors (Lipinski definition) is 3. The molecule has 0 atom stereocenters. The van der Waals surface area contributed by atoms with Gasteiger partial charge in [0.05, 0.1) is 0 Å². The molecule has 5 nitrogen and oxygen atoms in total. The summed E-state index contributed by atoms with van der Waals surface area (Å²) in [5.41, 5.74) is 12.1. The van der Waals surface area contributed by atoms with Crippen LogP contribution in [0.5, 0.6) is 0 Å². The molecule has 1 aromatic rings. The molecule has 1 aromatic carbocycles. The van der Waals surface area contributed by atoms with E-state index in [9.17, 15) is 0 Å². The molecule has 14 heavy (non-hydrogen) atoms. The van der Waals surface area contributed by atoms with Crippen molar-refractivity contribution >= 4 is 12.2 Å². The average Bonchev–Trinajstić information content (AvgIpc) is 2.18. The third kappa shape index (κ3) is 1.78. The Hall–Kier alpha value is -1.72.